The third-order valence-corrected chi connectivity index (χ3v) is 2.45. The Bertz CT molecular complexity index is 154. The number of hydrogen-bond donors (Lipinski definition) is 3. The van der Waals surface area contributed by atoms with Gasteiger partial charge in [-0.3, -0.25) is 4.79 Å². The Labute approximate surface area is 83.8 Å². The molecular weight excluding hydrogens is 186 g/mol. The molecule has 0 aromatic rings. The molecule has 0 aliphatic heterocycles. The fraction of sp³-hybridized carbons (Fsp3) is 0.875. The maximum absolute atomic E-state index is 10.6. The van der Waals surface area contributed by atoms with E-state index >= 15 is 0 Å². The van der Waals surface area contributed by atoms with Crippen molar-refractivity contribution in [1.29, 1.82) is 0 Å². The van der Waals surface area contributed by atoms with Gasteiger partial charge in [0.1, 0.15) is 0 Å². The van der Waals surface area contributed by atoms with Gasteiger partial charge in [0, 0.05) is 12.6 Å². The predicted molar refractivity (Wildman–Crippen MR) is 57.6 cm³/mol. The zero-order valence-electron chi connectivity index (χ0n) is 8.25. The summed E-state index contributed by atoms with van der Waals surface area (Å²) in [6.45, 7) is 2.54. The number of nitrogens with one attached hydrogen (secondary N) is 1. The lowest BCUT2D eigenvalue weighted by atomic mass is 10.2. The van der Waals surface area contributed by atoms with E-state index in [9.17, 15) is 4.79 Å². The van der Waals surface area contributed by atoms with Gasteiger partial charge in [-0.1, -0.05) is 0 Å². The second-order valence-corrected chi connectivity index (χ2v) is 4.09. The molecule has 0 radical (unpaired) electrons. The maximum atomic E-state index is 10.6. The topological polar surface area (TPSA) is 81.1 Å². The number of primary amides is 1. The van der Waals surface area contributed by atoms with Crippen LogP contribution in [0.25, 0.3) is 0 Å². The van der Waals surface area contributed by atoms with Crippen molar-refractivity contribution in [2.45, 2.75) is 25.4 Å². The molecule has 4 nitrogen and oxygen atoms in total. The zero-order chi connectivity index (χ0) is 10.3. The Morgan fingerprint density at radius 1 is 1.62 bits per heavy atom. The third-order valence-electron chi connectivity index (χ3n) is 1.81. The Morgan fingerprint density at radius 3 is 2.69 bits per heavy atom. The number of hydrogen-bond acceptors (Lipinski definition) is 4. The molecule has 2 unspecified atom stereocenters. The highest BCUT2D eigenvalue weighted by Crippen LogP contribution is 1.99. The van der Waals surface area contributed by atoms with Crippen LogP contribution < -0.4 is 16.8 Å². The van der Waals surface area contributed by atoms with Crippen LogP contribution in [0.4, 0.5) is 0 Å². The Kier molecular flexibility index (Phi) is 7.03. The fourth-order valence-corrected chi connectivity index (χ4v) is 1.41. The van der Waals surface area contributed by atoms with Gasteiger partial charge in [0.05, 0.1) is 6.04 Å². The molecule has 0 bridgehead atoms. The SMILES string of the molecule is CSCCC(C)NCC(N)C(N)=O. The van der Waals surface area contributed by atoms with E-state index in [-0.39, 0.29) is 0 Å². The first kappa shape index (κ1) is 12.7. The molecule has 0 saturated carbocycles. The first-order chi connectivity index (χ1) is 6.07. The van der Waals surface area contributed by atoms with Gasteiger partial charge in [-0.15, -0.1) is 0 Å². The second kappa shape index (κ2) is 7.17. The minimum atomic E-state index is -0.572. The molecule has 0 rings (SSSR count). The van der Waals surface area contributed by atoms with E-state index in [1.807, 2.05) is 11.8 Å². The Hall–Kier alpha value is -0.260. The number of rotatable bonds is 7. The highest BCUT2D eigenvalue weighted by atomic mass is 32.2. The molecule has 0 aromatic heterocycles. The number of carbonyl (C=O) groups excluding carboxylic acids is 1. The molecule has 1 amide bonds. The van der Waals surface area contributed by atoms with E-state index in [0.717, 1.165) is 12.2 Å². The number of amides is 1. The molecule has 0 spiro atoms. The summed E-state index contributed by atoms with van der Waals surface area (Å²) < 4.78 is 0. The highest BCUT2D eigenvalue weighted by molar-refractivity contribution is 7.98. The van der Waals surface area contributed by atoms with Gasteiger partial charge in [-0.05, 0) is 25.4 Å². The van der Waals surface area contributed by atoms with Crippen molar-refractivity contribution in [2.75, 3.05) is 18.6 Å². The molecule has 2 atom stereocenters. The normalized spacial score (nSPS) is 15.3. The number of thioether (sulfide) groups is 1. The van der Waals surface area contributed by atoms with Gasteiger partial charge >= 0.3 is 0 Å². The molecule has 78 valence electrons. The summed E-state index contributed by atoms with van der Waals surface area (Å²) in [5, 5.41) is 3.16. The predicted octanol–water partition coefficient (Wildman–Crippen LogP) is -0.470. The molecule has 13 heavy (non-hydrogen) atoms. The molecule has 0 saturated heterocycles. The van der Waals surface area contributed by atoms with Gasteiger partial charge in [-0.2, -0.15) is 11.8 Å². The largest absolute Gasteiger partial charge is 0.368 e. The summed E-state index contributed by atoms with van der Waals surface area (Å²) in [5.41, 5.74) is 10.5. The fourth-order valence-electron chi connectivity index (χ4n) is 0.825. The highest BCUT2D eigenvalue weighted by Gasteiger charge is 2.09. The van der Waals surface area contributed by atoms with Crippen LogP contribution in [-0.2, 0) is 4.79 Å². The number of nitrogens with two attached hydrogens (primary N) is 2. The molecular formula is C8H19N3OS. The quantitative estimate of drug-likeness (QED) is 0.525. The van der Waals surface area contributed by atoms with Crippen LogP contribution >= 0.6 is 11.8 Å². The van der Waals surface area contributed by atoms with Gasteiger partial charge in [0.2, 0.25) is 5.91 Å². The van der Waals surface area contributed by atoms with Gasteiger partial charge in [0.25, 0.3) is 0 Å². The summed E-state index contributed by atoms with van der Waals surface area (Å²) in [6, 6.07) is -0.186. The lowest BCUT2D eigenvalue weighted by molar-refractivity contribution is -0.119. The van der Waals surface area contributed by atoms with Crippen LogP contribution in [0.15, 0.2) is 0 Å². The van der Waals surface area contributed by atoms with Crippen molar-refractivity contribution in [2.24, 2.45) is 11.5 Å². The van der Waals surface area contributed by atoms with Crippen LogP contribution in [0.5, 0.6) is 0 Å². The summed E-state index contributed by atoms with van der Waals surface area (Å²) >= 11 is 1.81. The smallest absolute Gasteiger partial charge is 0.235 e. The summed E-state index contributed by atoms with van der Waals surface area (Å²) in [6.07, 6.45) is 3.15. The molecule has 0 aromatic carbocycles. The van der Waals surface area contributed by atoms with Crippen LogP contribution in [0, 0.1) is 0 Å². The monoisotopic (exact) mass is 205 g/mol. The van der Waals surface area contributed by atoms with Crippen LogP contribution in [0.2, 0.25) is 0 Å². The lowest BCUT2D eigenvalue weighted by Gasteiger charge is -2.15. The summed E-state index contributed by atoms with van der Waals surface area (Å²) in [5.74, 6) is 0.657. The first-order valence-electron chi connectivity index (χ1n) is 4.35. The van der Waals surface area contributed by atoms with Crippen LogP contribution in [0.3, 0.4) is 0 Å². The van der Waals surface area contributed by atoms with Gasteiger partial charge < -0.3 is 16.8 Å². The van der Waals surface area contributed by atoms with Crippen molar-refractivity contribution in [3.8, 4) is 0 Å². The average molecular weight is 205 g/mol. The third kappa shape index (κ3) is 6.86. The van der Waals surface area contributed by atoms with Crippen molar-refractivity contribution >= 4 is 17.7 Å². The molecule has 0 fully saturated rings. The van der Waals surface area contributed by atoms with Crippen molar-refractivity contribution < 1.29 is 4.79 Å². The minimum Gasteiger partial charge on any atom is -0.368 e. The molecule has 0 heterocycles. The molecule has 5 N–H and O–H groups in total. The van der Waals surface area contributed by atoms with Crippen molar-refractivity contribution in [3.05, 3.63) is 0 Å². The first-order valence-corrected chi connectivity index (χ1v) is 5.74. The molecule has 0 aliphatic rings. The van der Waals surface area contributed by atoms with E-state index in [2.05, 4.69) is 18.5 Å². The van der Waals surface area contributed by atoms with Crippen molar-refractivity contribution in [3.63, 3.8) is 0 Å². The van der Waals surface area contributed by atoms with E-state index < -0.39 is 11.9 Å². The summed E-state index contributed by atoms with van der Waals surface area (Å²) in [4.78, 5) is 10.6. The molecule has 5 heteroatoms. The lowest BCUT2D eigenvalue weighted by Crippen LogP contribution is -2.46. The second-order valence-electron chi connectivity index (χ2n) is 3.10. The minimum absolute atomic E-state index is 0.387. The Balaban J connectivity index is 3.45. The zero-order valence-corrected chi connectivity index (χ0v) is 9.06. The van der Waals surface area contributed by atoms with Gasteiger partial charge in [0.15, 0.2) is 0 Å². The maximum Gasteiger partial charge on any atom is 0.235 e. The Morgan fingerprint density at radius 2 is 2.23 bits per heavy atom. The van der Waals surface area contributed by atoms with E-state index in [1.54, 1.807) is 0 Å². The summed E-state index contributed by atoms with van der Waals surface area (Å²) in [7, 11) is 0. The van der Waals surface area contributed by atoms with E-state index in [1.165, 1.54) is 0 Å². The number of carbonyl (C=O) groups is 1. The molecule has 0 aliphatic carbocycles. The van der Waals surface area contributed by atoms with Crippen LogP contribution in [-0.4, -0.2) is 36.5 Å². The van der Waals surface area contributed by atoms with Crippen molar-refractivity contribution in [1.82, 2.24) is 5.32 Å². The van der Waals surface area contributed by atoms with Gasteiger partial charge in [-0.25, -0.2) is 0 Å². The van der Waals surface area contributed by atoms with E-state index in [0.29, 0.717) is 12.6 Å². The average Bonchev–Trinajstić information content (AvgIpc) is 2.10. The standard InChI is InChI=1S/C8H19N3OS/c1-6(3-4-13-2)11-5-7(9)8(10)12/h6-7,11H,3-5,9H2,1-2H3,(H2,10,12). The van der Waals surface area contributed by atoms with Crippen LogP contribution in [0.1, 0.15) is 13.3 Å². The van der Waals surface area contributed by atoms with E-state index in [4.69, 9.17) is 11.5 Å².